The molecule has 3 nitrogen and oxygen atoms in total. The van der Waals surface area contributed by atoms with Crippen LogP contribution in [0.4, 0.5) is 0 Å². The molecule has 0 aliphatic rings. The van der Waals surface area contributed by atoms with Crippen molar-refractivity contribution in [2.24, 2.45) is 0 Å². The fraction of sp³-hybridized carbons (Fsp3) is 0.533. The molecule has 106 valence electrons. The van der Waals surface area contributed by atoms with Crippen LogP contribution in [0.25, 0.3) is 0 Å². The van der Waals surface area contributed by atoms with Gasteiger partial charge in [0.1, 0.15) is 5.75 Å². The molecule has 0 atom stereocenters. The van der Waals surface area contributed by atoms with E-state index in [-0.39, 0.29) is 12.4 Å². The van der Waals surface area contributed by atoms with Crippen molar-refractivity contribution in [1.29, 1.82) is 0 Å². The van der Waals surface area contributed by atoms with Crippen LogP contribution in [0.1, 0.15) is 37.0 Å². The Labute approximate surface area is 119 Å². The fourth-order valence-corrected chi connectivity index (χ4v) is 2.05. The highest BCUT2D eigenvalue weighted by molar-refractivity contribution is 6.32. The van der Waals surface area contributed by atoms with Crippen molar-refractivity contribution in [3.63, 3.8) is 0 Å². The molecule has 0 aliphatic heterocycles. The lowest BCUT2D eigenvalue weighted by molar-refractivity contribution is -0.142. The molecule has 0 unspecified atom stereocenters. The number of aryl methyl sites for hydroxylation is 1. The topological polar surface area (TPSA) is 35.5 Å². The third-order valence-corrected chi connectivity index (χ3v) is 3.44. The third-order valence-electron chi connectivity index (χ3n) is 2.86. The number of carbonyl (C=O) groups is 1. The Kier molecular flexibility index (Phi) is 6.16. The van der Waals surface area contributed by atoms with Gasteiger partial charge in [-0.25, -0.2) is 0 Å². The lowest BCUT2D eigenvalue weighted by atomic mass is 10.0. The Morgan fingerprint density at radius 1 is 1.32 bits per heavy atom. The van der Waals surface area contributed by atoms with Crippen LogP contribution in [0.5, 0.6) is 5.75 Å². The van der Waals surface area contributed by atoms with Gasteiger partial charge >= 0.3 is 5.97 Å². The summed E-state index contributed by atoms with van der Waals surface area (Å²) in [5.74, 6) is 0.473. The summed E-state index contributed by atoms with van der Waals surface area (Å²) in [6.45, 7) is 8.67. The minimum Gasteiger partial charge on any atom is -0.493 e. The zero-order chi connectivity index (χ0) is 14.4. The lowest BCUT2D eigenvalue weighted by Gasteiger charge is -2.16. The van der Waals surface area contributed by atoms with E-state index in [1.54, 1.807) is 6.92 Å². The predicted octanol–water partition coefficient (Wildman–Crippen LogP) is 3.85. The molecule has 19 heavy (non-hydrogen) atoms. The van der Waals surface area contributed by atoms with Crippen molar-refractivity contribution < 1.29 is 14.3 Å². The summed E-state index contributed by atoms with van der Waals surface area (Å²) >= 11 is 6.24. The lowest BCUT2D eigenvalue weighted by Crippen LogP contribution is -2.11. The molecule has 0 radical (unpaired) electrons. The number of esters is 1. The Morgan fingerprint density at radius 2 is 2.00 bits per heavy atom. The predicted molar refractivity (Wildman–Crippen MR) is 77.0 cm³/mol. The molecule has 0 fully saturated rings. The van der Waals surface area contributed by atoms with Gasteiger partial charge in [0.15, 0.2) is 0 Å². The van der Waals surface area contributed by atoms with Gasteiger partial charge in [0, 0.05) is 10.6 Å². The molecule has 0 saturated carbocycles. The average Bonchev–Trinajstić information content (AvgIpc) is 2.38. The normalized spacial score (nSPS) is 10.4. The summed E-state index contributed by atoms with van der Waals surface area (Å²) in [5.41, 5.74) is 2.67. The van der Waals surface area contributed by atoms with E-state index in [1.165, 1.54) is 0 Å². The molecular weight excluding hydrogens is 264 g/mol. The van der Waals surface area contributed by atoms with Crippen molar-refractivity contribution in [2.75, 3.05) is 13.2 Å². The van der Waals surface area contributed by atoms with E-state index < -0.39 is 0 Å². The largest absolute Gasteiger partial charge is 0.493 e. The van der Waals surface area contributed by atoms with Gasteiger partial charge in [-0.3, -0.25) is 4.79 Å². The van der Waals surface area contributed by atoms with E-state index in [9.17, 15) is 4.79 Å². The molecule has 0 bridgehead atoms. The van der Waals surface area contributed by atoms with Crippen molar-refractivity contribution in [3.8, 4) is 5.75 Å². The molecule has 0 spiro atoms. The van der Waals surface area contributed by atoms with Crippen LogP contribution in [0.3, 0.4) is 0 Å². The second-order valence-corrected chi connectivity index (χ2v) is 4.82. The van der Waals surface area contributed by atoms with Crippen molar-refractivity contribution in [2.45, 2.75) is 40.5 Å². The van der Waals surface area contributed by atoms with Gasteiger partial charge in [-0.15, -0.1) is 0 Å². The second kappa shape index (κ2) is 7.39. The Hall–Kier alpha value is -1.22. The summed E-state index contributed by atoms with van der Waals surface area (Å²) in [6, 6.07) is 1.89. The molecule has 0 N–H and O–H groups in total. The molecule has 0 heterocycles. The number of benzene rings is 1. The van der Waals surface area contributed by atoms with Crippen LogP contribution in [0.2, 0.25) is 5.02 Å². The van der Waals surface area contributed by atoms with Crippen LogP contribution in [-0.4, -0.2) is 19.2 Å². The van der Waals surface area contributed by atoms with E-state index >= 15 is 0 Å². The standard InChI is InChI=1S/C15H21ClO3/c1-5-7-19-13-8-10(3)15(16)11(4)12(13)9-14(17)18-6-2/h8H,5-7,9H2,1-4H3. The van der Waals surface area contributed by atoms with Gasteiger partial charge in [-0.2, -0.15) is 0 Å². The van der Waals surface area contributed by atoms with Crippen LogP contribution in [-0.2, 0) is 16.0 Å². The number of halogens is 1. The molecule has 1 aromatic carbocycles. The first kappa shape index (κ1) is 15.8. The fourth-order valence-electron chi connectivity index (χ4n) is 1.88. The first-order valence-electron chi connectivity index (χ1n) is 6.58. The molecule has 1 aromatic rings. The van der Waals surface area contributed by atoms with Crippen LogP contribution >= 0.6 is 11.6 Å². The summed E-state index contributed by atoms with van der Waals surface area (Å²) in [7, 11) is 0. The first-order valence-corrected chi connectivity index (χ1v) is 6.96. The van der Waals surface area contributed by atoms with E-state index in [2.05, 4.69) is 0 Å². The summed E-state index contributed by atoms with van der Waals surface area (Å²) in [4.78, 5) is 11.7. The Balaban J connectivity index is 3.10. The maximum absolute atomic E-state index is 11.7. The molecule has 0 aliphatic carbocycles. The highest BCUT2D eigenvalue weighted by atomic mass is 35.5. The number of hydrogen-bond donors (Lipinski definition) is 0. The maximum Gasteiger partial charge on any atom is 0.310 e. The number of hydrogen-bond acceptors (Lipinski definition) is 3. The first-order chi connectivity index (χ1) is 9.01. The zero-order valence-electron chi connectivity index (χ0n) is 12.0. The van der Waals surface area contributed by atoms with Gasteiger partial charge in [0.2, 0.25) is 0 Å². The number of carbonyl (C=O) groups excluding carboxylic acids is 1. The highest BCUT2D eigenvalue weighted by Crippen LogP contribution is 2.32. The number of ether oxygens (including phenoxy) is 2. The minimum absolute atomic E-state index is 0.193. The average molecular weight is 285 g/mol. The van der Waals surface area contributed by atoms with E-state index in [4.69, 9.17) is 21.1 Å². The van der Waals surface area contributed by atoms with Crippen LogP contribution < -0.4 is 4.74 Å². The quantitative estimate of drug-likeness (QED) is 0.744. The monoisotopic (exact) mass is 284 g/mol. The summed E-state index contributed by atoms with van der Waals surface area (Å²) in [5, 5.41) is 0.683. The van der Waals surface area contributed by atoms with Crippen molar-refractivity contribution in [3.05, 3.63) is 27.8 Å². The van der Waals surface area contributed by atoms with Crippen molar-refractivity contribution in [1.82, 2.24) is 0 Å². The van der Waals surface area contributed by atoms with E-state index in [0.29, 0.717) is 18.2 Å². The van der Waals surface area contributed by atoms with Gasteiger partial charge in [-0.1, -0.05) is 18.5 Å². The SMILES string of the molecule is CCCOc1cc(C)c(Cl)c(C)c1CC(=O)OCC. The molecule has 0 saturated heterocycles. The van der Waals surface area contributed by atoms with E-state index in [1.807, 2.05) is 26.8 Å². The second-order valence-electron chi connectivity index (χ2n) is 4.44. The highest BCUT2D eigenvalue weighted by Gasteiger charge is 2.16. The maximum atomic E-state index is 11.7. The summed E-state index contributed by atoms with van der Waals surface area (Å²) < 4.78 is 10.7. The Morgan fingerprint density at radius 3 is 2.58 bits per heavy atom. The Bertz CT molecular complexity index is 455. The van der Waals surface area contributed by atoms with Gasteiger partial charge in [0.05, 0.1) is 19.6 Å². The van der Waals surface area contributed by atoms with Gasteiger partial charge in [0.25, 0.3) is 0 Å². The molecule has 4 heteroatoms. The molecule has 1 rings (SSSR count). The zero-order valence-corrected chi connectivity index (χ0v) is 12.8. The molecule has 0 aromatic heterocycles. The van der Waals surface area contributed by atoms with E-state index in [0.717, 1.165) is 28.9 Å². The van der Waals surface area contributed by atoms with Crippen LogP contribution in [0.15, 0.2) is 6.07 Å². The van der Waals surface area contributed by atoms with Crippen LogP contribution in [0, 0.1) is 13.8 Å². The molecular formula is C15H21ClO3. The van der Waals surface area contributed by atoms with Gasteiger partial charge in [-0.05, 0) is 44.4 Å². The molecule has 0 amide bonds. The third kappa shape index (κ3) is 4.13. The minimum atomic E-state index is -0.258. The van der Waals surface area contributed by atoms with Gasteiger partial charge < -0.3 is 9.47 Å². The number of rotatable bonds is 6. The smallest absolute Gasteiger partial charge is 0.310 e. The summed E-state index contributed by atoms with van der Waals surface area (Å²) in [6.07, 6.45) is 1.11. The van der Waals surface area contributed by atoms with Crippen molar-refractivity contribution >= 4 is 17.6 Å².